The maximum Gasteiger partial charge on any atom is 0.183 e. The van der Waals surface area contributed by atoms with Crippen LogP contribution in [0.3, 0.4) is 0 Å². The molecule has 0 bridgehead atoms. The van der Waals surface area contributed by atoms with E-state index in [1.165, 1.54) is 5.56 Å². The van der Waals surface area contributed by atoms with Crippen LogP contribution in [0.2, 0.25) is 0 Å². The van der Waals surface area contributed by atoms with E-state index in [1.54, 1.807) is 30.3 Å². The number of hydrogen-bond donors (Lipinski definition) is 2. The highest BCUT2D eigenvalue weighted by molar-refractivity contribution is 7.92. The lowest BCUT2D eigenvalue weighted by atomic mass is 10.0. The lowest BCUT2D eigenvalue weighted by Crippen LogP contribution is -2.35. The van der Waals surface area contributed by atoms with Gasteiger partial charge in [0.15, 0.2) is 9.84 Å². The SMILES string of the molecule is CCc1ccc(C2C(S(=O)(=O)c3ccccc3)C2(N)CO)cc1. The fraction of sp³-hybridized carbons (Fsp3) is 0.333. The van der Waals surface area contributed by atoms with Crippen LogP contribution in [0, 0.1) is 0 Å². The molecule has 0 saturated heterocycles. The molecule has 23 heavy (non-hydrogen) atoms. The van der Waals surface area contributed by atoms with Gasteiger partial charge in [-0.05, 0) is 29.7 Å². The predicted molar refractivity (Wildman–Crippen MR) is 90.0 cm³/mol. The Balaban J connectivity index is 1.98. The second-order valence-corrected chi connectivity index (χ2v) is 8.19. The molecule has 1 aliphatic carbocycles. The van der Waals surface area contributed by atoms with Gasteiger partial charge in [0.25, 0.3) is 0 Å². The maximum atomic E-state index is 12.9. The molecular formula is C18H21NO3S. The molecule has 2 aromatic rings. The molecule has 0 aromatic heterocycles. The fourth-order valence-corrected chi connectivity index (χ4v) is 5.60. The molecule has 1 saturated carbocycles. The summed E-state index contributed by atoms with van der Waals surface area (Å²) in [5, 5.41) is 8.89. The van der Waals surface area contributed by atoms with E-state index < -0.39 is 20.6 Å². The van der Waals surface area contributed by atoms with Crippen LogP contribution in [0.25, 0.3) is 0 Å². The summed E-state index contributed by atoms with van der Waals surface area (Å²) >= 11 is 0. The number of aliphatic hydroxyl groups is 1. The van der Waals surface area contributed by atoms with Crippen LogP contribution >= 0.6 is 0 Å². The number of benzene rings is 2. The second kappa shape index (κ2) is 5.74. The Hall–Kier alpha value is -1.69. The van der Waals surface area contributed by atoms with Gasteiger partial charge in [-0.1, -0.05) is 49.4 Å². The number of aryl methyl sites for hydroxylation is 1. The number of nitrogens with two attached hydrogens (primary N) is 1. The second-order valence-electron chi connectivity index (χ2n) is 6.12. The smallest absolute Gasteiger partial charge is 0.183 e. The van der Waals surface area contributed by atoms with E-state index in [9.17, 15) is 13.5 Å². The highest BCUT2D eigenvalue weighted by Gasteiger charge is 2.68. The molecule has 0 amide bonds. The van der Waals surface area contributed by atoms with E-state index in [4.69, 9.17) is 5.73 Å². The largest absolute Gasteiger partial charge is 0.394 e. The first-order valence-corrected chi connectivity index (χ1v) is 9.27. The zero-order valence-electron chi connectivity index (χ0n) is 13.0. The van der Waals surface area contributed by atoms with Crippen LogP contribution in [0.1, 0.15) is 24.0 Å². The third-order valence-corrected chi connectivity index (χ3v) is 7.04. The first-order valence-electron chi connectivity index (χ1n) is 7.72. The third kappa shape index (κ3) is 2.59. The summed E-state index contributed by atoms with van der Waals surface area (Å²) in [6.45, 7) is 1.71. The van der Waals surface area contributed by atoms with Crippen molar-refractivity contribution in [3.63, 3.8) is 0 Å². The minimum Gasteiger partial charge on any atom is -0.394 e. The van der Waals surface area contributed by atoms with Crippen molar-refractivity contribution in [2.75, 3.05) is 6.61 Å². The minimum absolute atomic E-state index is 0.251. The van der Waals surface area contributed by atoms with Crippen molar-refractivity contribution in [3.8, 4) is 0 Å². The molecule has 122 valence electrons. The zero-order chi connectivity index (χ0) is 16.7. The number of sulfone groups is 1. The van der Waals surface area contributed by atoms with Crippen LogP contribution in [0.5, 0.6) is 0 Å². The lowest BCUT2D eigenvalue weighted by Gasteiger charge is -2.08. The number of hydrogen-bond acceptors (Lipinski definition) is 4. The van der Waals surface area contributed by atoms with E-state index in [2.05, 4.69) is 6.92 Å². The van der Waals surface area contributed by atoms with Crippen molar-refractivity contribution in [2.45, 2.75) is 34.9 Å². The summed E-state index contributed by atoms with van der Waals surface area (Å²) in [6.07, 6.45) is 0.921. The molecule has 0 aliphatic heterocycles. The maximum absolute atomic E-state index is 12.9. The Kier molecular flexibility index (Phi) is 4.04. The van der Waals surface area contributed by atoms with Gasteiger partial charge < -0.3 is 10.8 Å². The van der Waals surface area contributed by atoms with Crippen LogP contribution in [0.15, 0.2) is 59.5 Å². The Bertz CT molecular complexity index is 787. The van der Waals surface area contributed by atoms with Crippen molar-refractivity contribution in [1.82, 2.24) is 0 Å². The zero-order valence-corrected chi connectivity index (χ0v) is 13.8. The molecular weight excluding hydrogens is 310 g/mol. The van der Waals surface area contributed by atoms with Gasteiger partial charge in [0.1, 0.15) is 0 Å². The average Bonchev–Trinajstić information content (AvgIpc) is 3.23. The number of aliphatic hydroxyl groups excluding tert-OH is 1. The van der Waals surface area contributed by atoms with Gasteiger partial charge in [0.2, 0.25) is 0 Å². The molecule has 0 spiro atoms. The fourth-order valence-electron chi connectivity index (χ4n) is 3.28. The van der Waals surface area contributed by atoms with Gasteiger partial charge >= 0.3 is 0 Å². The van der Waals surface area contributed by atoms with Crippen LogP contribution < -0.4 is 5.73 Å². The summed E-state index contributed by atoms with van der Waals surface area (Å²) in [5.41, 5.74) is 7.16. The van der Waals surface area contributed by atoms with Gasteiger partial charge in [-0.3, -0.25) is 0 Å². The lowest BCUT2D eigenvalue weighted by molar-refractivity contribution is 0.253. The molecule has 3 rings (SSSR count). The average molecular weight is 331 g/mol. The summed E-state index contributed by atoms with van der Waals surface area (Å²) in [6, 6.07) is 16.1. The van der Waals surface area contributed by atoms with E-state index >= 15 is 0 Å². The summed E-state index contributed by atoms with van der Waals surface area (Å²) in [5.74, 6) is -0.386. The molecule has 3 atom stereocenters. The van der Waals surface area contributed by atoms with E-state index in [-0.39, 0.29) is 17.4 Å². The van der Waals surface area contributed by atoms with Crippen molar-refractivity contribution in [2.24, 2.45) is 5.73 Å². The Morgan fingerprint density at radius 1 is 1.09 bits per heavy atom. The molecule has 2 aromatic carbocycles. The van der Waals surface area contributed by atoms with Crippen LogP contribution in [0.4, 0.5) is 0 Å². The molecule has 1 aliphatic rings. The first kappa shape index (κ1) is 16.2. The highest BCUT2D eigenvalue weighted by Crippen LogP contribution is 2.55. The van der Waals surface area contributed by atoms with Gasteiger partial charge in [-0.15, -0.1) is 0 Å². The van der Waals surface area contributed by atoms with Gasteiger partial charge in [-0.2, -0.15) is 0 Å². The van der Waals surface area contributed by atoms with E-state index in [0.717, 1.165) is 12.0 Å². The number of rotatable bonds is 5. The Morgan fingerprint density at radius 3 is 2.22 bits per heavy atom. The predicted octanol–water partition coefficient (Wildman–Crippen LogP) is 1.88. The normalized spacial score (nSPS) is 26.9. The van der Waals surface area contributed by atoms with Crippen LogP contribution in [-0.2, 0) is 16.3 Å². The molecule has 3 unspecified atom stereocenters. The van der Waals surface area contributed by atoms with Gasteiger partial charge in [-0.25, -0.2) is 8.42 Å². The molecule has 1 fully saturated rings. The summed E-state index contributed by atoms with van der Waals surface area (Å²) in [7, 11) is -3.58. The molecule has 0 radical (unpaired) electrons. The highest BCUT2D eigenvalue weighted by atomic mass is 32.2. The van der Waals surface area contributed by atoms with Crippen molar-refractivity contribution >= 4 is 9.84 Å². The Labute approximate surface area is 136 Å². The standard InChI is InChI=1S/C18H21NO3S/c1-2-13-8-10-14(11-9-13)16-17(18(16,19)12-20)23(21,22)15-6-4-3-5-7-15/h3-11,16-17,20H,2,12,19H2,1H3. The van der Waals surface area contributed by atoms with Gasteiger partial charge in [0.05, 0.1) is 22.3 Å². The monoisotopic (exact) mass is 331 g/mol. The van der Waals surface area contributed by atoms with Gasteiger partial charge in [0, 0.05) is 5.92 Å². The van der Waals surface area contributed by atoms with E-state index in [0.29, 0.717) is 0 Å². The van der Waals surface area contributed by atoms with E-state index in [1.807, 2.05) is 24.3 Å². The molecule has 5 heteroatoms. The third-order valence-electron chi connectivity index (χ3n) is 4.73. The van der Waals surface area contributed by atoms with Crippen molar-refractivity contribution < 1.29 is 13.5 Å². The Morgan fingerprint density at radius 2 is 1.70 bits per heavy atom. The minimum atomic E-state index is -3.58. The molecule has 0 heterocycles. The molecule has 4 nitrogen and oxygen atoms in total. The summed E-state index contributed by atoms with van der Waals surface area (Å²) < 4.78 is 25.8. The topological polar surface area (TPSA) is 80.4 Å². The first-order chi connectivity index (χ1) is 10.9. The molecule has 3 N–H and O–H groups in total. The van der Waals surface area contributed by atoms with Crippen molar-refractivity contribution in [1.29, 1.82) is 0 Å². The summed E-state index contributed by atoms with van der Waals surface area (Å²) in [4.78, 5) is 0.251. The van der Waals surface area contributed by atoms with Crippen LogP contribution in [-0.4, -0.2) is 30.9 Å². The van der Waals surface area contributed by atoms with Crippen molar-refractivity contribution in [3.05, 3.63) is 65.7 Å². The quantitative estimate of drug-likeness (QED) is 0.876.